The van der Waals surface area contributed by atoms with Crippen molar-refractivity contribution in [2.75, 3.05) is 26.3 Å². The number of rotatable bonds is 4. The van der Waals surface area contributed by atoms with Crippen LogP contribution >= 0.6 is 24.6 Å². The molecule has 4 heterocycles. The molecule has 1 aromatic carbocycles. The quantitative estimate of drug-likeness (QED) is 0.527. The zero-order valence-corrected chi connectivity index (χ0v) is 19.1. The Labute approximate surface area is 191 Å². The van der Waals surface area contributed by atoms with Gasteiger partial charge < -0.3 is 18.7 Å². The Balaban J connectivity index is 0.00000231. The lowest BCUT2D eigenvalue weighted by Gasteiger charge is -2.38. The first-order valence-electron chi connectivity index (χ1n) is 10.7. The summed E-state index contributed by atoms with van der Waals surface area (Å²) in [7, 11) is 0. The van der Waals surface area contributed by atoms with Crippen molar-refractivity contribution in [3.63, 3.8) is 0 Å². The first-order chi connectivity index (χ1) is 14.7. The maximum absolute atomic E-state index is 13.9. The highest BCUT2D eigenvalue weighted by Gasteiger charge is 2.30. The van der Waals surface area contributed by atoms with E-state index in [9.17, 15) is 4.39 Å². The van der Waals surface area contributed by atoms with Gasteiger partial charge in [0.25, 0.3) is 5.95 Å². The second-order valence-electron chi connectivity index (χ2n) is 8.08. The Morgan fingerprint density at radius 1 is 1.13 bits per heavy atom. The Bertz CT molecular complexity index is 1100. The van der Waals surface area contributed by atoms with Crippen molar-refractivity contribution in [3.05, 3.63) is 34.7 Å². The number of hydrogen-bond acceptors (Lipinski definition) is 6. The minimum Gasteiger partial charge on any atom is -0.381 e. The zero-order valence-electron chi connectivity index (χ0n) is 17.5. The molecule has 7 nitrogen and oxygen atoms in total. The van der Waals surface area contributed by atoms with E-state index in [1.807, 2.05) is 11.5 Å². The topological polar surface area (TPSA) is 61.2 Å². The van der Waals surface area contributed by atoms with Crippen LogP contribution in [-0.4, -0.2) is 56.5 Å². The molecule has 0 bridgehead atoms. The molecule has 0 radical (unpaired) electrons. The van der Waals surface area contributed by atoms with Crippen LogP contribution in [0.5, 0.6) is 0 Å². The van der Waals surface area contributed by atoms with E-state index in [4.69, 9.17) is 21.5 Å². The third-order valence-electron chi connectivity index (χ3n) is 6.42. The van der Waals surface area contributed by atoms with E-state index in [0.717, 1.165) is 57.5 Å². The van der Waals surface area contributed by atoms with Crippen LogP contribution in [-0.2, 0) is 11.3 Å². The highest BCUT2D eigenvalue weighted by molar-refractivity contribution is 7.71. The van der Waals surface area contributed by atoms with Gasteiger partial charge in [0, 0.05) is 37.8 Å². The van der Waals surface area contributed by atoms with Crippen LogP contribution in [0.2, 0.25) is 0 Å². The second-order valence-corrected chi connectivity index (χ2v) is 8.45. The zero-order chi connectivity index (χ0) is 20.7. The SMILES string of the molecule is CCn1c(=S)n(-c2noc(C3CCN(C4CCOCC4)CC3)n2)c2cc(F)ccc21.Cl. The smallest absolute Gasteiger partial charge is 0.277 e. The number of ether oxygens (including phenoxy) is 1. The fourth-order valence-electron chi connectivity index (χ4n) is 4.78. The summed E-state index contributed by atoms with van der Waals surface area (Å²) >= 11 is 5.64. The van der Waals surface area contributed by atoms with Crippen molar-refractivity contribution in [1.29, 1.82) is 0 Å². The first kappa shape index (κ1) is 22.4. The van der Waals surface area contributed by atoms with Crippen LogP contribution < -0.4 is 0 Å². The fraction of sp³-hybridized carbons (Fsp3) is 0.571. The number of halogens is 2. The molecule has 0 unspecified atom stereocenters. The maximum atomic E-state index is 13.9. The molecule has 0 saturated carbocycles. The van der Waals surface area contributed by atoms with Crippen molar-refractivity contribution in [2.45, 2.75) is 51.1 Å². The number of aryl methyl sites for hydroxylation is 1. The standard InChI is InChI=1S/C21H26FN5O2S.ClH/c1-2-26-17-4-3-15(22)13-18(17)27(21(26)30)20-23-19(29-24-20)14-5-9-25(10-6-14)16-7-11-28-12-8-16;/h3-4,13-14,16H,2,5-12H2,1H3;1H. The largest absolute Gasteiger partial charge is 0.381 e. The maximum Gasteiger partial charge on any atom is 0.277 e. The average Bonchev–Trinajstić information content (AvgIpc) is 3.36. The van der Waals surface area contributed by atoms with E-state index >= 15 is 0 Å². The number of piperidine rings is 1. The Morgan fingerprint density at radius 2 is 1.87 bits per heavy atom. The Morgan fingerprint density at radius 3 is 2.58 bits per heavy atom. The minimum atomic E-state index is -0.316. The van der Waals surface area contributed by atoms with Crippen LogP contribution in [0.25, 0.3) is 17.0 Å². The van der Waals surface area contributed by atoms with Gasteiger partial charge in [0.1, 0.15) is 5.82 Å². The van der Waals surface area contributed by atoms with Gasteiger partial charge in [-0.05, 0) is 75.2 Å². The molecule has 2 aliphatic heterocycles. The lowest BCUT2D eigenvalue weighted by Crippen LogP contribution is -2.43. The summed E-state index contributed by atoms with van der Waals surface area (Å²) in [6.07, 6.45) is 4.23. The van der Waals surface area contributed by atoms with Gasteiger partial charge in [0.2, 0.25) is 5.89 Å². The molecular weight excluding hydrogens is 441 g/mol. The van der Waals surface area contributed by atoms with Crippen molar-refractivity contribution in [3.8, 4) is 5.95 Å². The monoisotopic (exact) mass is 467 g/mol. The van der Waals surface area contributed by atoms with E-state index in [1.165, 1.54) is 12.1 Å². The molecular formula is C21H27ClFN5O2S. The van der Waals surface area contributed by atoms with Crippen LogP contribution in [0.1, 0.15) is 44.4 Å². The normalized spacial score (nSPS) is 19.0. The number of imidazole rings is 1. The third kappa shape index (κ3) is 4.16. The molecule has 5 rings (SSSR count). The fourth-order valence-corrected chi connectivity index (χ4v) is 5.18. The lowest BCUT2D eigenvalue weighted by atomic mass is 9.94. The lowest BCUT2D eigenvalue weighted by molar-refractivity contribution is 0.0239. The van der Waals surface area contributed by atoms with Crippen LogP contribution in [0.4, 0.5) is 4.39 Å². The summed E-state index contributed by atoms with van der Waals surface area (Å²) in [5, 5.41) is 4.20. The Kier molecular flexibility index (Phi) is 6.76. The van der Waals surface area contributed by atoms with Crippen LogP contribution in [0.15, 0.2) is 22.7 Å². The number of nitrogens with zero attached hydrogens (tertiary/aromatic N) is 5. The van der Waals surface area contributed by atoms with E-state index < -0.39 is 0 Å². The number of likely N-dealkylation sites (tertiary alicyclic amines) is 1. The summed E-state index contributed by atoms with van der Waals surface area (Å²) in [6, 6.07) is 5.29. The van der Waals surface area contributed by atoms with E-state index in [2.05, 4.69) is 15.0 Å². The second kappa shape index (κ2) is 9.36. The van der Waals surface area contributed by atoms with Gasteiger partial charge in [0.05, 0.1) is 11.0 Å². The van der Waals surface area contributed by atoms with E-state index in [0.29, 0.717) is 34.7 Å². The third-order valence-corrected chi connectivity index (χ3v) is 6.83. The number of benzene rings is 1. The summed E-state index contributed by atoms with van der Waals surface area (Å²) in [5.41, 5.74) is 1.52. The van der Waals surface area contributed by atoms with Gasteiger partial charge in [-0.2, -0.15) is 4.98 Å². The van der Waals surface area contributed by atoms with Crippen molar-refractivity contribution < 1.29 is 13.7 Å². The summed E-state index contributed by atoms with van der Waals surface area (Å²) in [6.45, 7) is 6.49. The molecule has 168 valence electrons. The number of fused-ring (bicyclic) bond motifs is 1. The molecule has 0 amide bonds. The van der Waals surface area contributed by atoms with Crippen molar-refractivity contribution in [1.82, 2.24) is 24.2 Å². The van der Waals surface area contributed by atoms with Crippen molar-refractivity contribution >= 4 is 35.7 Å². The van der Waals surface area contributed by atoms with E-state index in [-0.39, 0.29) is 24.1 Å². The summed E-state index contributed by atoms with van der Waals surface area (Å²) < 4.78 is 29.3. The molecule has 2 fully saturated rings. The summed E-state index contributed by atoms with van der Waals surface area (Å²) in [4.78, 5) is 7.25. The highest BCUT2D eigenvalue weighted by atomic mass is 35.5. The van der Waals surface area contributed by atoms with Gasteiger partial charge in [0.15, 0.2) is 4.77 Å². The van der Waals surface area contributed by atoms with E-state index in [1.54, 1.807) is 10.6 Å². The van der Waals surface area contributed by atoms with Gasteiger partial charge in [-0.1, -0.05) is 0 Å². The van der Waals surface area contributed by atoms with Gasteiger partial charge in [-0.15, -0.1) is 12.4 Å². The predicted molar refractivity (Wildman–Crippen MR) is 120 cm³/mol. The van der Waals surface area contributed by atoms with Gasteiger partial charge in [-0.25, -0.2) is 4.39 Å². The molecule has 0 N–H and O–H groups in total. The average molecular weight is 468 g/mol. The number of aromatic nitrogens is 4. The predicted octanol–water partition coefficient (Wildman–Crippen LogP) is 4.48. The molecule has 2 aromatic heterocycles. The van der Waals surface area contributed by atoms with Crippen LogP contribution in [0.3, 0.4) is 0 Å². The minimum absolute atomic E-state index is 0. The molecule has 0 aliphatic carbocycles. The molecule has 2 saturated heterocycles. The molecule has 31 heavy (non-hydrogen) atoms. The molecule has 10 heteroatoms. The molecule has 3 aromatic rings. The Hall–Kier alpha value is -1.81. The first-order valence-corrected chi connectivity index (χ1v) is 11.1. The van der Waals surface area contributed by atoms with Crippen molar-refractivity contribution in [2.24, 2.45) is 0 Å². The van der Waals surface area contributed by atoms with Crippen LogP contribution in [0, 0.1) is 10.6 Å². The molecule has 0 atom stereocenters. The van der Waals surface area contributed by atoms with Gasteiger partial charge in [-0.3, -0.25) is 4.57 Å². The highest BCUT2D eigenvalue weighted by Crippen LogP contribution is 2.30. The molecule has 2 aliphatic rings. The summed E-state index contributed by atoms with van der Waals surface area (Å²) in [5.74, 6) is 0.952. The number of hydrogen-bond donors (Lipinski definition) is 0. The van der Waals surface area contributed by atoms with Gasteiger partial charge >= 0.3 is 0 Å². The molecule has 0 spiro atoms.